The largest absolute Gasteiger partial charge is 0.480 e. The molecule has 2 aliphatic heterocycles. The van der Waals surface area contributed by atoms with Crippen molar-refractivity contribution in [1.29, 1.82) is 0 Å². The minimum Gasteiger partial charge on any atom is -0.480 e. The number of carboxylic acids is 1. The predicted octanol–water partition coefficient (Wildman–Crippen LogP) is 2.46. The Labute approximate surface area is 325 Å². The summed E-state index contributed by atoms with van der Waals surface area (Å²) in [6.45, 7) is 4.06. The van der Waals surface area contributed by atoms with Crippen LogP contribution < -0.4 is 27.4 Å². The topological polar surface area (TPSA) is 264 Å². The molecule has 8 N–H and O–H groups in total. The zero-order valence-corrected chi connectivity index (χ0v) is 31.8. The molecule has 302 valence electrons. The third-order valence-electron chi connectivity index (χ3n) is 9.32. The van der Waals surface area contributed by atoms with Crippen molar-refractivity contribution in [2.24, 2.45) is 32.6 Å². The fourth-order valence-corrected chi connectivity index (χ4v) is 6.48. The number of carboxylic acid groups (broad SMARTS) is 1. The number of azo groups is 1. The molecular weight excluding hydrogens is 724 g/mol. The van der Waals surface area contributed by atoms with Gasteiger partial charge in [-0.2, -0.15) is 10.2 Å². The van der Waals surface area contributed by atoms with Gasteiger partial charge < -0.3 is 42.2 Å². The lowest BCUT2D eigenvalue weighted by Crippen LogP contribution is -2.55. The normalized spacial score (nSPS) is 17.6. The average Bonchev–Trinajstić information content (AvgIpc) is 3.88. The minimum atomic E-state index is -1.23. The monoisotopic (exact) mass is 776 g/mol. The maximum Gasteiger partial charge on any atom is 0.410 e. The van der Waals surface area contributed by atoms with Crippen LogP contribution in [0.4, 0.5) is 16.2 Å². The summed E-state index contributed by atoms with van der Waals surface area (Å²) >= 11 is 0. The molecule has 5 amide bonds. The molecule has 0 spiro atoms. The number of amides is 5. The summed E-state index contributed by atoms with van der Waals surface area (Å²) in [6.07, 6.45) is 1.79. The van der Waals surface area contributed by atoms with Gasteiger partial charge in [0, 0.05) is 19.6 Å². The van der Waals surface area contributed by atoms with E-state index in [4.69, 9.17) is 16.2 Å². The van der Waals surface area contributed by atoms with Crippen LogP contribution in [-0.2, 0) is 35.3 Å². The van der Waals surface area contributed by atoms with Crippen molar-refractivity contribution in [3.63, 3.8) is 0 Å². The maximum atomic E-state index is 13.5. The van der Waals surface area contributed by atoms with Gasteiger partial charge in [-0.15, -0.1) is 0 Å². The highest BCUT2D eigenvalue weighted by Gasteiger charge is 2.38. The second-order valence-electron chi connectivity index (χ2n) is 14.1. The second kappa shape index (κ2) is 21.1. The van der Waals surface area contributed by atoms with Crippen molar-refractivity contribution < 1.29 is 38.6 Å². The molecule has 0 saturated carbocycles. The van der Waals surface area contributed by atoms with E-state index in [9.17, 15) is 33.9 Å². The van der Waals surface area contributed by atoms with Gasteiger partial charge in [0.2, 0.25) is 23.6 Å². The lowest BCUT2D eigenvalue weighted by atomic mass is 10.0. The Balaban J connectivity index is 1.27. The van der Waals surface area contributed by atoms with Crippen molar-refractivity contribution >= 4 is 53.0 Å². The van der Waals surface area contributed by atoms with Gasteiger partial charge in [-0.1, -0.05) is 44.2 Å². The third-order valence-corrected chi connectivity index (χ3v) is 9.32. The Bertz CT molecular complexity index is 1730. The van der Waals surface area contributed by atoms with Crippen LogP contribution >= 0.6 is 0 Å². The lowest BCUT2D eigenvalue weighted by molar-refractivity contribution is -0.144. The molecule has 2 aromatic carbocycles. The number of nitrogens with two attached hydrogens (primary N) is 2. The van der Waals surface area contributed by atoms with E-state index in [0.717, 1.165) is 11.3 Å². The minimum absolute atomic E-state index is 0.00842. The van der Waals surface area contributed by atoms with Gasteiger partial charge in [-0.05, 0) is 80.7 Å². The number of carbonyl (C=O) groups excluding carboxylic acids is 5. The van der Waals surface area contributed by atoms with E-state index < -0.39 is 66.4 Å². The Morgan fingerprint density at radius 2 is 1.43 bits per heavy atom. The standard InChI is InChI=1S/C38H52N10O8/c1-24(2)21-29(33(50)42-22-32(49)47-19-7-12-30(47)34(51)43-28(36(53)54)11-6-18-41-37(39)40)44-35(52)31-13-8-20-48(31)38(55)56-23-25-14-16-27(17-15-25)46-45-26-9-4-3-5-10-26/h3-5,9-10,14-17,24,28-31H,6-8,11-13,18-23H2,1-2H3,(H,42,50)(H,43,51)(H,44,52)(H,53,54)(H4,39,40,41)/t28-,29-,30-,31-/m0/s1. The van der Waals surface area contributed by atoms with E-state index in [1.165, 1.54) is 9.80 Å². The first-order valence-electron chi connectivity index (χ1n) is 18.8. The molecule has 2 aliphatic rings. The molecule has 18 heteroatoms. The van der Waals surface area contributed by atoms with Gasteiger partial charge in [0.05, 0.1) is 17.9 Å². The Kier molecular flexibility index (Phi) is 16.1. The Morgan fingerprint density at radius 3 is 2.04 bits per heavy atom. The number of aliphatic imine (C=N–C) groups is 1. The van der Waals surface area contributed by atoms with E-state index in [-0.39, 0.29) is 44.4 Å². The number of ether oxygens (including phenoxy) is 1. The summed E-state index contributed by atoms with van der Waals surface area (Å²) < 4.78 is 5.54. The molecule has 2 saturated heterocycles. The average molecular weight is 777 g/mol. The van der Waals surface area contributed by atoms with Crippen LogP contribution in [0.15, 0.2) is 69.8 Å². The molecule has 2 aromatic rings. The van der Waals surface area contributed by atoms with Gasteiger partial charge in [0.1, 0.15) is 30.8 Å². The number of nitrogens with zero attached hydrogens (tertiary/aromatic N) is 5. The van der Waals surface area contributed by atoms with Gasteiger partial charge in [-0.25, -0.2) is 9.59 Å². The molecule has 4 atom stereocenters. The zero-order chi connectivity index (χ0) is 40.6. The molecular formula is C38H52N10O8. The molecule has 2 heterocycles. The summed E-state index contributed by atoms with van der Waals surface area (Å²) in [5.74, 6) is -3.60. The first kappa shape index (κ1) is 42.7. The van der Waals surface area contributed by atoms with Gasteiger partial charge >= 0.3 is 12.1 Å². The summed E-state index contributed by atoms with van der Waals surface area (Å²) in [6, 6.07) is 12.4. The van der Waals surface area contributed by atoms with E-state index in [2.05, 4.69) is 31.2 Å². The number of hydrogen-bond acceptors (Lipinski definition) is 10. The molecule has 56 heavy (non-hydrogen) atoms. The van der Waals surface area contributed by atoms with Crippen molar-refractivity contribution in [3.05, 3.63) is 60.2 Å². The molecule has 0 aliphatic carbocycles. The molecule has 0 bridgehead atoms. The summed E-state index contributed by atoms with van der Waals surface area (Å²) in [5, 5.41) is 25.9. The fourth-order valence-electron chi connectivity index (χ4n) is 6.48. The number of guanidine groups is 1. The second-order valence-corrected chi connectivity index (χ2v) is 14.1. The van der Waals surface area contributed by atoms with Crippen molar-refractivity contribution in [3.8, 4) is 0 Å². The van der Waals surface area contributed by atoms with Crippen molar-refractivity contribution in [1.82, 2.24) is 25.8 Å². The third kappa shape index (κ3) is 13.1. The van der Waals surface area contributed by atoms with Crippen LogP contribution in [0, 0.1) is 5.92 Å². The van der Waals surface area contributed by atoms with Gasteiger partial charge in [-0.3, -0.25) is 29.1 Å². The van der Waals surface area contributed by atoms with Crippen LogP contribution in [0.5, 0.6) is 0 Å². The first-order chi connectivity index (χ1) is 26.8. The maximum absolute atomic E-state index is 13.5. The summed E-state index contributed by atoms with van der Waals surface area (Å²) in [4.78, 5) is 84.6. The number of aliphatic carboxylic acids is 1. The van der Waals surface area contributed by atoms with E-state index in [1.807, 2.05) is 44.2 Å². The Morgan fingerprint density at radius 1 is 0.839 bits per heavy atom. The van der Waals surface area contributed by atoms with Crippen LogP contribution in [0.25, 0.3) is 0 Å². The summed E-state index contributed by atoms with van der Waals surface area (Å²) in [7, 11) is 0. The number of hydrogen-bond donors (Lipinski definition) is 6. The van der Waals surface area contributed by atoms with E-state index in [1.54, 1.807) is 24.3 Å². The van der Waals surface area contributed by atoms with Crippen LogP contribution in [0.1, 0.15) is 64.4 Å². The number of likely N-dealkylation sites (tertiary alicyclic amines) is 2. The number of carbonyl (C=O) groups is 6. The van der Waals surface area contributed by atoms with Crippen molar-refractivity contribution in [2.45, 2.75) is 89.6 Å². The molecule has 0 unspecified atom stereocenters. The van der Waals surface area contributed by atoms with Crippen LogP contribution in [-0.4, -0.2) is 107 Å². The fraction of sp³-hybridized carbons (Fsp3) is 0.500. The number of nitrogens with one attached hydrogen (secondary N) is 3. The van der Waals surface area contributed by atoms with E-state index in [0.29, 0.717) is 44.3 Å². The molecule has 4 rings (SSSR count). The highest BCUT2D eigenvalue weighted by molar-refractivity contribution is 5.95. The zero-order valence-electron chi connectivity index (χ0n) is 31.8. The number of rotatable bonds is 18. The van der Waals surface area contributed by atoms with Gasteiger partial charge in [0.25, 0.3) is 0 Å². The van der Waals surface area contributed by atoms with Gasteiger partial charge in [0.15, 0.2) is 5.96 Å². The van der Waals surface area contributed by atoms with Crippen LogP contribution in [0.2, 0.25) is 0 Å². The van der Waals surface area contributed by atoms with Crippen LogP contribution in [0.3, 0.4) is 0 Å². The SMILES string of the molecule is CC(C)C[C@H](NC(=O)[C@@H]1CCCN1C(=O)OCc1ccc(N=Nc2ccccc2)cc1)C(=O)NCC(=O)N1CCC[C@H]1C(=O)N[C@@H](CCCN=C(N)N)C(=O)O. The smallest absolute Gasteiger partial charge is 0.410 e. The highest BCUT2D eigenvalue weighted by atomic mass is 16.6. The molecule has 0 radical (unpaired) electrons. The number of benzene rings is 2. The summed E-state index contributed by atoms with van der Waals surface area (Å²) in [5.41, 5.74) is 12.7. The molecule has 18 nitrogen and oxygen atoms in total. The van der Waals surface area contributed by atoms with E-state index >= 15 is 0 Å². The predicted molar refractivity (Wildman–Crippen MR) is 206 cm³/mol. The lowest BCUT2D eigenvalue weighted by Gasteiger charge is -2.27. The first-order valence-corrected chi connectivity index (χ1v) is 18.8. The van der Waals surface area contributed by atoms with Crippen molar-refractivity contribution in [2.75, 3.05) is 26.2 Å². The highest BCUT2D eigenvalue weighted by Crippen LogP contribution is 2.22. The molecule has 0 aromatic heterocycles. The molecule has 2 fully saturated rings. The Hall–Kier alpha value is -6.07. The quantitative estimate of drug-likeness (QED) is 0.0557.